The molecule has 0 spiro atoms. The third-order valence-electron chi connectivity index (χ3n) is 3.13. The first kappa shape index (κ1) is 15.8. The van der Waals surface area contributed by atoms with E-state index < -0.39 is 23.6 Å². The molecule has 1 atom stereocenters. The number of rotatable bonds is 3. The molecule has 0 aromatic heterocycles. The Bertz CT molecular complexity index is 640. The predicted molar refractivity (Wildman–Crippen MR) is 73.8 cm³/mol. The molecule has 0 aliphatic heterocycles. The van der Waals surface area contributed by atoms with Crippen molar-refractivity contribution in [2.24, 2.45) is 0 Å². The summed E-state index contributed by atoms with van der Waals surface area (Å²) in [5.41, 5.74) is -0.626. The molecule has 112 valence electrons. The number of nitrogens with one attached hydrogen (secondary N) is 1. The second-order valence-corrected chi connectivity index (χ2v) is 4.88. The van der Waals surface area contributed by atoms with Crippen molar-refractivity contribution in [1.29, 1.82) is 0 Å². The molecule has 0 radical (unpaired) electrons. The molecule has 2 rings (SSSR count). The fourth-order valence-corrected chi connectivity index (χ4v) is 2.46. The number of hydrogen-bond donors (Lipinski definition) is 1. The Morgan fingerprint density at radius 3 is 2.29 bits per heavy atom. The second-order valence-electron chi connectivity index (χ2n) is 4.47. The van der Waals surface area contributed by atoms with Crippen LogP contribution in [0, 0.1) is 5.82 Å². The van der Waals surface area contributed by atoms with Gasteiger partial charge < -0.3 is 5.32 Å². The van der Waals surface area contributed by atoms with Crippen LogP contribution in [-0.4, -0.2) is 7.05 Å². The number of hydrogen-bond acceptors (Lipinski definition) is 1. The van der Waals surface area contributed by atoms with E-state index in [2.05, 4.69) is 5.32 Å². The highest BCUT2D eigenvalue weighted by atomic mass is 35.5. The summed E-state index contributed by atoms with van der Waals surface area (Å²) in [6.45, 7) is 0. The summed E-state index contributed by atoms with van der Waals surface area (Å²) >= 11 is 6.04. The van der Waals surface area contributed by atoms with Gasteiger partial charge in [0, 0.05) is 5.02 Å². The van der Waals surface area contributed by atoms with Crippen molar-refractivity contribution in [3.8, 4) is 0 Å². The van der Waals surface area contributed by atoms with E-state index in [0.717, 1.165) is 18.2 Å². The van der Waals surface area contributed by atoms with Crippen LogP contribution in [-0.2, 0) is 6.18 Å². The maximum Gasteiger partial charge on any atom is 0.416 e. The molecule has 6 heteroatoms. The SMILES string of the molecule is CNC(c1ccccc1Cl)c1cc(F)ccc1C(F)(F)F. The molecule has 21 heavy (non-hydrogen) atoms. The lowest BCUT2D eigenvalue weighted by molar-refractivity contribution is -0.138. The zero-order valence-electron chi connectivity index (χ0n) is 11.0. The number of alkyl halides is 3. The van der Waals surface area contributed by atoms with Crippen LogP contribution in [0.4, 0.5) is 17.6 Å². The summed E-state index contributed by atoms with van der Waals surface area (Å²) in [6.07, 6.45) is -4.57. The van der Waals surface area contributed by atoms with Crippen LogP contribution in [0.5, 0.6) is 0 Å². The van der Waals surface area contributed by atoms with E-state index in [1.54, 1.807) is 24.3 Å². The first-order valence-electron chi connectivity index (χ1n) is 6.13. The minimum atomic E-state index is -4.57. The molecule has 2 aromatic carbocycles. The van der Waals surface area contributed by atoms with Gasteiger partial charge in [-0.1, -0.05) is 29.8 Å². The van der Waals surface area contributed by atoms with Crippen molar-refractivity contribution in [3.63, 3.8) is 0 Å². The van der Waals surface area contributed by atoms with Crippen LogP contribution in [0.15, 0.2) is 42.5 Å². The molecule has 1 unspecified atom stereocenters. The highest BCUT2D eigenvalue weighted by Crippen LogP contribution is 2.38. The van der Waals surface area contributed by atoms with Crippen LogP contribution in [0.2, 0.25) is 5.02 Å². The Hall–Kier alpha value is -1.59. The van der Waals surface area contributed by atoms with Crippen molar-refractivity contribution < 1.29 is 17.6 Å². The fraction of sp³-hybridized carbons (Fsp3) is 0.200. The molecule has 2 aromatic rings. The van der Waals surface area contributed by atoms with Crippen molar-refractivity contribution in [3.05, 3.63) is 70.0 Å². The normalized spacial score (nSPS) is 13.2. The molecule has 1 N–H and O–H groups in total. The largest absolute Gasteiger partial charge is 0.416 e. The van der Waals surface area contributed by atoms with Gasteiger partial charge in [-0.2, -0.15) is 13.2 Å². The van der Waals surface area contributed by atoms with Gasteiger partial charge >= 0.3 is 6.18 Å². The van der Waals surface area contributed by atoms with E-state index >= 15 is 0 Å². The zero-order chi connectivity index (χ0) is 15.6. The fourth-order valence-electron chi connectivity index (χ4n) is 2.22. The van der Waals surface area contributed by atoms with Crippen LogP contribution < -0.4 is 5.32 Å². The molecule has 0 saturated heterocycles. The summed E-state index contributed by atoms with van der Waals surface area (Å²) in [4.78, 5) is 0. The van der Waals surface area contributed by atoms with E-state index in [4.69, 9.17) is 11.6 Å². The minimum absolute atomic E-state index is 0.196. The van der Waals surface area contributed by atoms with Gasteiger partial charge in [0.05, 0.1) is 11.6 Å². The molecule has 0 aliphatic rings. The highest BCUT2D eigenvalue weighted by molar-refractivity contribution is 6.31. The lowest BCUT2D eigenvalue weighted by Crippen LogP contribution is -2.22. The summed E-state index contributed by atoms with van der Waals surface area (Å²) in [7, 11) is 1.50. The number of benzene rings is 2. The van der Waals surface area contributed by atoms with Gasteiger partial charge in [-0.25, -0.2) is 4.39 Å². The molecule has 0 fully saturated rings. The summed E-state index contributed by atoms with van der Waals surface area (Å²) in [5.74, 6) is -0.731. The van der Waals surface area contributed by atoms with Crippen LogP contribution in [0.3, 0.4) is 0 Å². The molecule has 0 amide bonds. The van der Waals surface area contributed by atoms with Crippen molar-refractivity contribution in [2.45, 2.75) is 12.2 Å². The molecule has 1 nitrogen and oxygen atoms in total. The Morgan fingerprint density at radius 2 is 1.71 bits per heavy atom. The molecular weight excluding hydrogens is 306 g/mol. The van der Waals surface area contributed by atoms with Gasteiger partial charge in [0.15, 0.2) is 0 Å². The lowest BCUT2D eigenvalue weighted by Gasteiger charge is -2.22. The van der Waals surface area contributed by atoms with Gasteiger partial charge in [0.1, 0.15) is 5.82 Å². The second kappa shape index (κ2) is 6.03. The summed E-state index contributed by atoms with van der Waals surface area (Å²) in [6, 6.07) is 8.09. The first-order chi connectivity index (χ1) is 9.84. The number of halogens is 5. The predicted octanol–water partition coefficient (Wildman–Crippen LogP) is 4.81. The Morgan fingerprint density at radius 1 is 1.05 bits per heavy atom. The lowest BCUT2D eigenvalue weighted by atomic mass is 9.94. The van der Waals surface area contributed by atoms with E-state index in [0.29, 0.717) is 10.6 Å². The summed E-state index contributed by atoms with van der Waals surface area (Å²) < 4.78 is 52.7. The van der Waals surface area contributed by atoms with E-state index in [9.17, 15) is 17.6 Å². The Labute approximate surface area is 124 Å². The van der Waals surface area contributed by atoms with Crippen molar-refractivity contribution in [1.82, 2.24) is 5.32 Å². The minimum Gasteiger partial charge on any atom is -0.309 e. The van der Waals surface area contributed by atoms with E-state index in [1.165, 1.54) is 7.05 Å². The standard InChI is InChI=1S/C15H12ClF4N/c1-21-14(10-4-2-3-5-13(10)16)11-8-9(17)6-7-12(11)15(18,19)20/h2-8,14,21H,1H3. The van der Waals surface area contributed by atoms with Gasteiger partial charge in [-0.15, -0.1) is 0 Å². The van der Waals surface area contributed by atoms with Crippen LogP contribution in [0.25, 0.3) is 0 Å². The molecule has 0 aliphatic carbocycles. The smallest absolute Gasteiger partial charge is 0.309 e. The van der Waals surface area contributed by atoms with Gasteiger partial charge in [0.25, 0.3) is 0 Å². The Balaban J connectivity index is 2.63. The monoisotopic (exact) mass is 317 g/mol. The van der Waals surface area contributed by atoms with Gasteiger partial charge in [0.2, 0.25) is 0 Å². The Kier molecular flexibility index (Phi) is 4.54. The first-order valence-corrected chi connectivity index (χ1v) is 6.50. The van der Waals surface area contributed by atoms with Crippen LogP contribution >= 0.6 is 11.6 Å². The zero-order valence-corrected chi connectivity index (χ0v) is 11.8. The molecule has 0 bridgehead atoms. The molecular formula is C15H12ClF4N. The highest BCUT2D eigenvalue weighted by Gasteiger charge is 2.35. The van der Waals surface area contributed by atoms with Crippen molar-refractivity contribution in [2.75, 3.05) is 7.05 Å². The topological polar surface area (TPSA) is 12.0 Å². The average molecular weight is 318 g/mol. The van der Waals surface area contributed by atoms with Crippen molar-refractivity contribution >= 4 is 11.6 Å². The maximum absolute atomic E-state index is 13.4. The third kappa shape index (κ3) is 3.36. The van der Waals surface area contributed by atoms with Gasteiger partial charge in [-0.3, -0.25) is 0 Å². The average Bonchev–Trinajstić information content (AvgIpc) is 2.40. The van der Waals surface area contributed by atoms with E-state index in [-0.39, 0.29) is 5.56 Å². The van der Waals surface area contributed by atoms with Gasteiger partial charge in [-0.05, 0) is 42.4 Å². The van der Waals surface area contributed by atoms with E-state index in [1.807, 2.05) is 0 Å². The molecule has 0 heterocycles. The molecule has 0 saturated carbocycles. The van der Waals surface area contributed by atoms with Crippen LogP contribution in [0.1, 0.15) is 22.7 Å². The summed E-state index contributed by atoms with van der Waals surface area (Å²) in [5, 5.41) is 3.08. The maximum atomic E-state index is 13.4. The quantitative estimate of drug-likeness (QED) is 0.801. The third-order valence-corrected chi connectivity index (χ3v) is 3.48.